The molecule has 1 saturated heterocycles. The fraction of sp³-hybridized carbons (Fsp3) is 0. The smallest absolute Gasteiger partial charge is 0.273 e. The maximum Gasteiger partial charge on any atom is 0.273 e. The molecule has 2 heterocycles. The second-order valence-corrected chi connectivity index (χ2v) is 4.29. The van der Waals surface area contributed by atoms with E-state index in [0.717, 1.165) is 16.5 Å². The number of nitrogens with zero attached hydrogens (tertiary/aromatic N) is 1. The van der Waals surface area contributed by atoms with Gasteiger partial charge in [0.2, 0.25) is 0 Å². The van der Waals surface area contributed by atoms with Gasteiger partial charge in [-0.05, 0) is 36.0 Å². The molecule has 1 fully saturated rings. The quantitative estimate of drug-likeness (QED) is 0.600. The van der Waals surface area contributed by atoms with Crippen molar-refractivity contribution in [1.82, 2.24) is 15.6 Å². The average molecular weight is 255 g/mol. The number of carbonyl (C=O) groups is 1. The number of aromatic nitrogens is 1. The van der Waals surface area contributed by atoms with Crippen LogP contribution in [-0.2, 0) is 4.79 Å². The summed E-state index contributed by atoms with van der Waals surface area (Å²) in [4.78, 5) is 15.9. The average Bonchev–Trinajstić information content (AvgIpc) is 2.68. The third-order valence-corrected chi connectivity index (χ3v) is 2.91. The van der Waals surface area contributed by atoms with Crippen LogP contribution in [0, 0.1) is 0 Å². The van der Waals surface area contributed by atoms with Gasteiger partial charge in [0.1, 0.15) is 5.70 Å². The van der Waals surface area contributed by atoms with Crippen LogP contribution in [0.1, 0.15) is 5.56 Å². The molecule has 88 valence electrons. The Morgan fingerprint density at radius 2 is 2.00 bits per heavy atom. The topological polar surface area (TPSA) is 54.0 Å². The third kappa shape index (κ3) is 1.84. The lowest BCUT2D eigenvalue weighted by atomic mass is 10.1. The molecule has 5 heteroatoms. The molecule has 0 atom stereocenters. The Hall–Kier alpha value is -2.27. The fourth-order valence-corrected chi connectivity index (χ4v) is 2.08. The molecule has 18 heavy (non-hydrogen) atoms. The van der Waals surface area contributed by atoms with Crippen LogP contribution in [0.3, 0.4) is 0 Å². The second-order valence-electron chi connectivity index (χ2n) is 3.88. The van der Waals surface area contributed by atoms with Crippen molar-refractivity contribution in [3.05, 3.63) is 47.8 Å². The lowest BCUT2D eigenvalue weighted by Crippen LogP contribution is -2.21. The molecule has 0 saturated carbocycles. The lowest BCUT2D eigenvalue weighted by molar-refractivity contribution is -0.115. The van der Waals surface area contributed by atoms with E-state index in [1.165, 1.54) is 0 Å². The monoisotopic (exact) mass is 255 g/mol. The van der Waals surface area contributed by atoms with E-state index in [2.05, 4.69) is 15.6 Å². The SMILES string of the molecule is O=C1NC(=S)N/C1=C/c1ccnc2ccccc12. The van der Waals surface area contributed by atoms with Crippen LogP contribution in [-0.4, -0.2) is 16.0 Å². The molecule has 0 aliphatic carbocycles. The van der Waals surface area contributed by atoms with Gasteiger partial charge in [0.15, 0.2) is 5.11 Å². The van der Waals surface area contributed by atoms with Crippen molar-refractivity contribution in [3.63, 3.8) is 0 Å². The van der Waals surface area contributed by atoms with Gasteiger partial charge >= 0.3 is 0 Å². The maximum atomic E-state index is 11.6. The van der Waals surface area contributed by atoms with Crippen molar-refractivity contribution in [2.24, 2.45) is 0 Å². The largest absolute Gasteiger partial charge is 0.328 e. The van der Waals surface area contributed by atoms with Gasteiger partial charge in [-0.2, -0.15) is 0 Å². The van der Waals surface area contributed by atoms with Gasteiger partial charge in [-0.25, -0.2) is 0 Å². The highest BCUT2D eigenvalue weighted by Gasteiger charge is 2.20. The van der Waals surface area contributed by atoms with Gasteiger partial charge in [-0.1, -0.05) is 18.2 Å². The van der Waals surface area contributed by atoms with Gasteiger partial charge in [0.05, 0.1) is 5.52 Å². The normalized spacial score (nSPS) is 17.0. The summed E-state index contributed by atoms with van der Waals surface area (Å²) in [5.74, 6) is -0.208. The molecule has 1 amide bonds. The van der Waals surface area contributed by atoms with Crippen LogP contribution >= 0.6 is 12.2 Å². The number of pyridine rings is 1. The van der Waals surface area contributed by atoms with Crippen molar-refractivity contribution in [2.75, 3.05) is 0 Å². The number of benzene rings is 1. The summed E-state index contributed by atoms with van der Waals surface area (Å²) in [6, 6.07) is 9.65. The van der Waals surface area contributed by atoms with Crippen molar-refractivity contribution in [2.45, 2.75) is 0 Å². The van der Waals surface area contributed by atoms with Crippen LogP contribution in [0.2, 0.25) is 0 Å². The third-order valence-electron chi connectivity index (χ3n) is 2.70. The van der Waals surface area contributed by atoms with Crippen molar-refractivity contribution in [3.8, 4) is 0 Å². The van der Waals surface area contributed by atoms with Gasteiger partial charge in [0, 0.05) is 11.6 Å². The Balaban J connectivity index is 2.13. The molecule has 1 aliphatic rings. The van der Waals surface area contributed by atoms with E-state index in [9.17, 15) is 4.79 Å². The summed E-state index contributed by atoms with van der Waals surface area (Å²) in [7, 11) is 0. The van der Waals surface area contributed by atoms with Gasteiger partial charge < -0.3 is 5.32 Å². The van der Waals surface area contributed by atoms with E-state index in [1.807, 2.05) is 30.3 Å². The highest BCUT2D eigenvalue weighted by molar-refractivity contribution is 7.80. The molecule has 0 radical (unpaired) electrons. The highest BCUT2D eigenvalue weighted by Crippen LogP contribution is 2.19. The van der Waals surface area contributed by atoms with E-state index in [4.69, 9.17) is 12.2 Å². The van der Waals surface area contributed by atoms with E-state index < -0.39 is 0 Å². The number of nitrogens with one attached hydrogen (secondary N) is 2. The van der Waals surface area contributed by atoms with Crippen LogP contribution < -0.4 is 10.6 Å². The zero-order valence-electron chi connectivity index (χ0n) is 9.31. The van der Waals surface area contributed by atoms with Crippen molar-refractivity contribution >= 4 is 40.2 Å². The van der Waals surface area contributed by atoms with Crippen LogP contribution in [0.15, 0.2) is 42.2 Å². The number of hydrogen-bond acceptors (Lipinski definition) is 3. The van der Waals surface area contributed by atoms with Crippen molar-refractivity contribution in [1.29, 1.82) is 0 Å². The summed E-state index contributed by atoms with van der Waals surface area (Å²) in [6.45, 7) is 0. The maximum absolute atomic E-state index is 11.6. The molecule has 4 nitrogen and oxygen atoms in total. The van der Waals surface area contributed by atoms with E-state index >= 15 is 0 Å². The molecule has 2 N–H and O–H groups in total. The van der Waals surface area contributed by atoms with E-state index in [-0.39, 0.29) is 5.91 Å². The fourth-order valence-electron chi connectivity index (χ4n) is 1.88. The minimum atomic E-state index is -0.208. The number of thiocarbonyl (C=S) groups is 1. The molecule has 1 aromatic heterocycles. The number of para-hydroxylation sites is 1. The Bertz CT molecular complexity index is 688. The highest BCUT2D eigenvalue weighted by atomic mass is 32.1. The minimum Gasteiger partial charge on any atom is -0.328 e. The summed E-state index contributed by atoms with van der Waals surface area (Å²) in [5.41, 5.74) is 2.28. The van der Waals surface area contributed by atoms with Gasteiger partial charge in [-0.15, -0.1) is 0 Å². The first-order chi connectivity index (χ1) is 8.74. The molecule has 1 aromatic carbocycles. The molecule has 0 spiro atoms. The Labute approximate surface area is 109 Å². The summed E-state index contributed by atoms with van der Waals surface area (Å²) in [6.07, 6.45) is 3.50. The predicted molar refractivity (Wildman–Crippen MR) is 73.6 cm³/mol. The summed E-state index contributed by atoms with van der Waals surface area (Å²) >= 11 is 4.89. The van der Waals surface area contributed by atoms with Gasteiger partial charge in [-0.3, -0.25) is 15.1 Å². The molecule has 1 aliphatic heterocycles. The van der Waals surface area contributed by atoms with Crippen LogP contribution in [0.5, 0.6) is 0 Å². The van der Waals surface area contributed by atoms with Crippen molar-refractivity contribution < 1.29 is 4.79 Å². The predicted octanol–water partition coefficient (Wildman–Crippen LogP) is 1.58. The molecule has 0 bridgehead atoms. The number of amides is 1. The first kappa shape index (κ1) is 10.9. The van der Waals surface area contributed by atoms with Gasteiger partial charge in [0.25, 0.3) is 5.91 Å². The number of fused-ring (bicyclic) bond motifs is 1. The Kier molecular flexibility index (Phi) is 2.53. The zero-order chi connectivity index (χ0) is 12.5. The number of hydrogen-bond donors (Lipinski definition) is 2. The summed E-state index contributed by atoms with van der Waals surface area (Å²) < 4.78 is 0. The Morgan fingerprint density at radius 1 is 1.17 bits per heavy atom. The number of carbonyl (C=O) groups excluding carboxylic acids is 1. The standard InChI is InChI=1S/C13H9N3OS/c17-12-11(15-13(18)16-12)7-8-5-6-14-10-4-2-1-3-9(8)10/h1-7H,(H2,15,16,17,18)/b11-7+. The first-order valence-electron chi connectivity index (χ1n) is 5.42. The van der Waals surface area contributed by atoms with Crippen LogP contribution in [0.4, 0.5) is 0 Å². The number of rotatable bonds is 1. The molecular weight excluding hydrogens is 246 g/mol. The zero-order valence-corrected chi connectivity index (χ0v) is 10.1. The van der Waals surface area contributed by atoms with E-state index in [1.54, 1.807) is 12.3 Å². The minimum absolute atomic E-state index is 0.208. The van der Waals surface area contributed by atoms with E-state index in [0.29, 0.717) is 10.8 Å². The molecular formula is C13H9N3OS. The summed E-state index contributed by atoms with van der Waals surface area (Å²) in [5, 5.41) is 6.70. The lowest BCUT2D eigenvalue weighted by Gasteiger charge is -2.02. The first-order valence-corrected chi connectivity index (χ1v) is 5.83. The molecule has 0 unspecified atom stereocenters. The Morgan fingerprint density at radius 3 is 2.78 bits per heavy atom. The van der Waals surface area contributed by atoms with Crippen LogP contribution in [0.25, 0.3) is 17.0 Å². The second kappa shape index (κ2) is 4.19. The molecule has 2 aromatic rings. The molecule has 3 rings (SSSR count).